The molecule has 0 unspecified atom stereocenters. The fourth-order valence-electron chi connectivity index (χ4n) is 0. The zero-order chi connectivity index (χ0) is 0. The van der Waals surface area contributed by atoms with Crippen LogP contribution in [-0.4, -0.2) is 0 Å². The summed E-state index contributed by atoms with van der Waals surface area (Å²) in [6.07, 6.45) is 0. The first kappa shape index (κ1) is 589. The normalized spacial score (nSPS) is 0. The first-order valence-corrected chi connectivity index (χ1v) is 0. The number of halogens is 2. The van der Waals surface area contributed by atoms with Crippen LogP contribution in [0, 0.1) is 0 Å². The molecule has 0 fully saturated rings. The Labute approximate surface area is 87.3 Å². The summed E-state index contributed by atoms with van der Waals surface area (Å²) in [4.78, 5) is 0. The standard InChI is InChI=1S/2BrH.6H2N.Ni/h2*1H;6*1H2;/q;;6*-1;+2/p-2. The number of nitrogens with two attached hydrogens (primary N) is 6. The fraction of sp³-hybridized carbons (Fsp3) is 0. The predicted octanol–water partition coefficient (Wildman–Crippen LogP) is -1.69. The quantitative estimate of drug-likeness (QED) is 0.459. The maximum Gasteiger partial charge on any atom is 2.00 e. The minimum atomic E-state index is 0. The molecular formula is H12Br2N6Ni-6. The van der Waals surface area contributed by atoms with E-state index in [1.165, 1.54) is 0 Å². The predicted molar refractivity (Wildman–Crippen MR) is 31.7 cm³/mol. The molecule has 0 spiro atoms. The molecular weight excluding hydrogens is 303 g/mol. The van der Waals surface area contributed by atoms with Crippen LogP contribution in [0.5, 0.6) is 0 Å². The summed E-state index contributed by atoms with van der Waals surface area (Å²) in [7, 11) is 0. The van der Waals surface area contributed by atoms with Gasteiger partial charge in [0.2, 0.25) is 0 Å². The molecule has 0 aliphatic heterocycles. The van der Waals surface area contributed by atoms with Crippen LogP contribution in [-0.2, 0) is 16.5 Å². The molecule has 9 heavy (non-hydrogen) atoms. The maximum absolute atomic E-state index is 0. The molecule has 12 N–H and O–H groups in total. The van der Waals surface area contributed by atoms with Crippen molar-refractivity contribution < 1.29 is 50.5 Å². The van der Waals surface area contributed by atoms with E-state index in [0.717, 1.165) is 0 Å². The smallest absolute Gasteiger partial charge is 1.00 e. The molecule has 0 atom stereocenters. The second-order valence-corrected chi connectivity index (χ2v) is 0. The molecule has 72 valence electrons. The molecule has 0 aromatic rings. The van der Waals surface area contributed by atoms with Crippen molar-refractivity contribution in [3.63, 3.8) is 0 Å². The summed E-state index contributed by atoms with van der Waals surface area (Å²) in [5, 5.41) is 0. The first-order valence-electron chi connectivity index (χ1n) is 0. The molecule has 9 heteroatoms. The third kappa shape index (κ3) is 326. The van der Waals surface area contributed by atoms with Crippen molar-refractivity contribution in [2.24, 2.45) is 0 Å². The van der Waals surface area contributed by atoms with Gasteiger partial charge in [-0.1, -0.05) is 0 Å². The van der Waals surface area contributed by atoms with Crippen molar-refractivity contribution in [1.82, 2.24) is 0 Å². The molecule has 0 bridgehead atoms. The Morgan fingerprint density at radius 2 is 0.333 bits per heavy atom. The zero-order valence-corrected chi connectivity index (χ0v) is 8.70. The van der Waals surface area contributed by atoms with E-state index in [1.807, 2.05) is 0 Å². The van der Waals surface area contributed by atoms with Gasteiger partial charge >= 0.3 is 16.5 Å². The molecule has 6 nitrogen and oxygen atoms in total. The summed E-state index contributed by atoms with van der Waals surface area (Å²) in [6, 6.07) is 0. The summed E-state index contributed by atoms with van der Waals surface area (Å²) >= 11 is 0. The first-order chi connectivity index (χ1) is 0. The van der Waals surface area contributed by atoms with Crippen molar-refractivity contribution >= 4 is 0 Å². The third-order valence-corrected chi connectivity index (χ3v) is 0. The second kappa shape index (κ2) is 422. The van der Waals surface area contributed by atoms with Crippen LogP contribution in [0.1, 0.15) is 0 Å². The molecule has 0 rings (SSSR count). The maximum atomic E-state index is 0. The topological polar surface area (TPSA) is 201 Å². The minimum Gasteiger partial charge on any atom is -1.00 e. The van der Waals surface area contributed by atoms with Crippen molar-refractivity contribution in [3.8, 4) is 0 Å². The van der Waals surface area contributed by atoms with Crippen LogP contribution >= 0.6 is 0 Å². The van der Waals surface area contributed by atoms with Crippen molar-refractivity contribution in [2.75, 3.05) is 0 Å². The third-order valence-electron chi connectivity index (χ3n) is 0. The monoisotopic (exact) mass is 312 g/mol. The van der Waals surface area contributed by atoms with Crippen LogP contribution < -0.4 is 34.0 Å². The van der Waals surface area contributed by atoms with Gasteiger partial charge in [-0.2, -0.15) is 0 Å². The Morgan fingerprint density at radius 3 is 0.333 bits per heavy atom. The molecule has 0 saturated heterocycles. The molecule has 0 saturated carbocycles. The largest absolute Gasteiger partial charge is 2.00 e. The Morgan fingerprint density at radius 1 is 0.333 bits per heavy atom. The van der Waals surface area contributed by atoms with E-state index in [0.29, 0.717) is 0 Å². The van der Waals surface area contributed by atoms with Gasteiger partial charge in [0.05, 0.1) is 0 Å². The zero-order valence-electron chi connectivity index (χ0n) is 4.54. The van der Waals surface area contributed by atoms with Gasteiger partial charge in [0.15, 0.2) is 0 Å². The number of hydrogen-bond acceptors (Lipinski definition) is 0. The van der Waals surface area contributed by atoms with Gasteiger partial charge in [0.1, 0.15) is 0 Å². The van der Waals surface area contributed by atoms with Gasteiger partial charge < -0.3 is 70.9 Å². The van der Waals surface area contributed by atoms with Gasteiger partial charge in [0.25, 0.3) is 0 Å². The van der Waals surface area contributed by atoms with E-state index in [4.69, 9.17) is 0 Å². The van der Waals surface area contributed by atoms with Gasteiger partial charge in [-0.05, 0) is 0 Å². The summed E-state index contributed by atoms with van der Waals surface area (Å²) in [5.74, 6) is 0. The van der Waals surface area contributed by atoms with Gasteiger partial charge in [-0.3, -0.25) is 0 Å². The van der Waals surface area contributed by atoms with Gasteiger partial charge in [-0.15, -0.1) is 0 Å². The van der Waals surface area contributed by atoms with Crippen molar-refractivity contribution in [2.45, 2.75) is 0 Å². The summed E-state index contributed by atoms with van der Waals surface area (Å²) < 4.78 is 0. The van der Waals surface area contributed by atoms with E-state index in [2.05, 4.69) is 0 Å². The van der Waals surface area contributed by atoms with E-state index < -0.39 is 0 Å². The summed E-state index contributed by atoms with van der Waals surface area (Å²) in [6.45, 7) is 0. The van der Waals surface area contributed by atoms with Crippen LogP contribution in [0.2, 0.25) is 0 Å². The average molecular weight is 315 g/mol. The van der Waals surface area contributed by atoms with Crippen LogP contribution in [0.15, 0.2) is 0 Å². The number of rotatable bonds is 0. The molecule has 0 aliphatic carbocycles. The molecule has 0 radical (unpaired) electrons. The Bertz CT molecular complexity index is 11.0. The molecule has 0 aliphatic rings. The molecule has 0 amide bonds. The van der Waals surface area contributed by atoms with Crippen LogP contribution in [0.4, 0.5) is 0 Å². The Hall–Kier alpha value is 1.21. The van der Waals surface area contributed by atoms with E-state index in [9.17, 15) is 0 Å². The molecule has 0 aromatic heterocycles. The van der Waals surface area contributed by atoms with E-state index in [1.54, 1.807) is 0 Å². The van der Waals surface area contributed by atoms with Crippen molar-refractivity contribution in [1.29, 1.82) is 0 Å². The van der Waals surface area contributed by atoms with Crippen molar-refractivity contribution in [3.05, 3.63) is 36.9 Å². The van der Waals surface area contributed by atoms with Crippen LogP contribution in [0.25, 0.3) is 36.9 Å². The minimum absolute atomic E-state index is 0. The van der Waals surface area contributed by atoms with Gasteiger partial charge in [0, 0.05) is 0 Å². The second-order valence-electron chi connectivity index (χ2n) is 0. The van der Waals surface area contributed by atoms with Crippen LogP contribution in [0.3, 0.4) is 0 Å². The Balaban J connectivity index is 0. The Kier molecular flexibility index (Phi) is 27600. The number of hydrogen-bond donors (Lipinski definition) is 0. The average Bonchev–Trinajstić information content (AvgIpc) is 0. The molecule has 0 aromatic carbocycles. The van der Waals surface area contributed by atoms with E-state index >= 15 is 0 Å². The van der Waals surface area contributed by atoms with E-state index in [-0.39, 0.29) is 87.4 Å². The van der Waals surface area contributed by atoms with Gasteiger partial charge in [-0.25, -0.2) is 0 Å². The molecule has 0 heterocycles. The fourth-order valence-corrected chi connectivity index (χ4v) is 0. The summed E-state index contributed by atoms with van der Waals surface area (Å²) in [5.41, 5.74) is 0. The SMILES string of the molecule is [Br-].[Br-].[NH2-].[NH2-].[NH2-].[NH2-].[NH2-].[NH2-].[Ni+2].